The SMILES string of the molecule is O=C(NC1CCCC1)N1CCN(C(=O)c2cc3ccccc3oc2=O)CC1. The first-order valence-electron chi connectivity index (χ1n) is 9.49. The fraction of sp³-hybridized carbons (Fsp3) is 0.450. The lowest BCUT2D eigenvalue weighted by Gasteiger charge is -2.35. The van der Waals surface area contributed by atoms with E-state index in [1.165, 1.54) is 12.8 Å². The van der Waals surface area contributed by atoms with Crippen LogP contribution in [0.1, 0.15) is 36.0 Å². The summed E-state index contributed by atoms with van der Waals surface area (Å²) in [5, 5.41) is 3.79. The number of piperazine rings is 1. The normalized spacial score (nSPS) is 18.1. The maximum atomic E-state index is 12.8. The van der Waals surface area contributed by atoms with Crippen LogP contribution < -0.4 is 10.9 Å². The topological polar surface area (TPSA) is 82.9 Å². The number of urea groups is 1. The summed E-state index contributed by atoms with van der Waals surface area (Å²) in [4.78, 5) is 40.7. The smallest absolute Gasteiger partial charge is 0.349 e. The van der Waals surface area contributed by atoms with Crippen molar-refractivity contribution in [2.45, 2.75) is 31.7 Å². The summed E-state index contributed by atoms with van der Waals surface area (Å²) >= 11 is 0. The Morgan fingerprint density at radius 1 is 1.00 bits per heavy atom. The van der Waals surface area contributed by atoms with Crippen molar-refractivity contribution in [3.8, 4) is 0 Å². The Morgan fingerprint density at radius 3 is 2.41 bits per heavy atom. The number of amides is 3. The lowest BCUT2D eigenvalue weighted by molar-refractivity contribution is 0.0659. The molecule has 1 saturated carbocycles. The fourth-order valence-electron chi connectivity index (χ4n) is 3.83. The number of para-hydroxylation sites is 1. The molecule has 0 unspecified atom stereocenters. The molecule has 1 saturated heterocycles. The molecule has 4 rings (SSSR count). The summed E-state index contributed by atoms with van der Waals surface area (Å²) in [7, 11) is 0. The standard InChI is InChI=1S/C20H23N3O4/c24-18(16-13-14-5-1-4-8-17(14)27-19(16)25)22-9-11-23(12-10-22)20(26)21-15-6-2-3-7-15/h1,4-5,8,13,15H,2-3,6-7,9-12H2,(H,21,26). The zero-order valence-electron chi connectivity index (χ0n) is 15.1. The average Bonchev–Trinajstić information content (AvgIpc) is 3.20. The molecule has 1 N–H and O–H groups in total. The highest BCUT2D eigenvalue weighted by molar-refractivity contribution is 5.96. The van der Waals surface area contributed by atoms with Gasteiger partial charge in [-0.1, -0.05) is 31.0 Å². The van der Waals surface area contributed by atoms with E-state index < -0.39 is 5.63 Å². The van der Waals surface area contributed by atoms with Crippen LogP contribution in [0.3, 0.4) is 0 Å². The highest BCUT2D eigenvalue weighted by Gasteiger charge is 2.28. The molecule has 7 heteroatoms. The maximum Gasteiger partial charge on any atom is 0.349 e. The summed E-state index contributed by atoms with van der Waals surface area (Å²) in [6, 6.07) is 8.93. The van der Waals surface area contributed by atoms with Gasteiger partial charge < -0.3 is 19.5 Å². The first kappa shape index (κ1) is 17.6. The molecule has 1 aliphatic carbocycles. The van der Waals surface area contributed by atoms with Crippen molar-refractivity contribution in [3.63, 3.8) is 0 Å². The van der Waals surface area contributed by atoms with Gasteiger partial charge in [-0.05, 0) is 25.0 Å². The van der Waals surface area contributed by atoms with E-state index in [1.54, 1.807) is 34.1 Å². The molecule has 142 valence electrons. The molecule has 2 fully saturated rings. The predicted molar refractivity (Wildman–Crippen MR) is 101 cm³/mol. The van der Waals surface area contributed by atoms with Gasteiger partial charge in [-0.2, -0.15) is 0 Å². The van der Waals surface area contributed by atoms with Gasteiger partial charge in [0.25, 0.3) is 5.91 Å². The Morgan fingerprint density at radius 2 is 1.67 bits per heavy atom. The van der Waals surface area contributed by atoms with Crippen molar-refractivity contribution in [2.24, 2.45) is 0 Å². The molecule has 27 heavy (non-hydrogen) atoms. The number of hydrogen-bond acceptors (Lipinski definition) is 4. The average molecular weight is 369 g/mol. The van der Waals surface area contributed by atoms with Gasteiger partial charge in [0.05, 0.1) is 0 Å². The monoisotopic (exact) mass is 369 g/mol. The van der Waals surface area contributed by atoms with Gasteiger partial charge in [-0.15, -0.1) is 0 Å². The lowest BCUT2D eigenvalue weighted by atomic mass is 10.1. The summed E-state index contributed by atoms with van der Waals surface area (Å²) < 4.78 is 5.26. The summed E-state index contributed by atoms with van der Waals surface area (Å²) in [6.07, 6.45) is 4.42. The third-order valence-corrected chi connectivity index (χ3v) is 5.41. The molecule has 0 radical (unpaired) electrons. The van der Waals surface area contributed by atoms with Gasteiger partial charge in [0, 0.05) is 37.6 Å². The zero-order valence-corrected chi connectivity index (χ0v) is 15.1. The number of fused-ring (bicyclic) bond motifs is 1. The number of carbonyl (C=O) groups excluding carboxylic acids is 2. The Bertz CT molecular complexity index is 909. The van der Waals surface area contributed by atoms with Gasteiger partial charge in [-0.3, -0.25) is 4.79 Å². The number of carbonyl (C=O) groups is 2. The minimum absolute atomic E-state index is 0.0394. The minimum Gasteiger partial charge on any atom is -0.422 e. The third kappa shape index (κ3) is 3.67. The molecule has 0 atom stereocenters. The molecule has 7 nitrogen and oxygen atoms in total. The number of nitrogens with zero attached hydrogens (tertiary/aromatic N) is 2. The van der Waals surface area contributed by atoms with Gasteiger partial charge in [-0.25, -0.2) is 9.59 Å². The fourth-order valence-corrected chi connectivity index (χ4v) is 3.83. The second-order valence-corrected chi connectivity index (χ2v) is 7.20. The molecule has 0 spiro atoms. The van der Waals surface area contributed by atoms with Gasteiger partial charge in [0.15, 0.2) is 0 Å². The van der Waals surface area contributed by atoms with E-state index in [4.69, 9.17) is 4.42 Å². The molecule has 3 amide bonds. The zero-order chi connectivity index (χ0) is 18.8. The van der Waals surface area contributed by atoms with Crippen LogP contribution in [-0.4, -0.2) is 54.0 Å². The van der Waals surface area contributed by atoms with Crippen LogP contribution in [0.15, 0.2) is 39.5 Å². The van der Waals surface area contributed by atoms with Crippen LogP contribution in [-0.2, 0) is 0 Å². The molecule has 0 bridgehead atoms. The van der Waals surface area contributed by atoms with E-state index >= 15 is 0 Å². The Labute approximate surface area is 156 Å². The van der Waals surface area contributed by atoms with Crippen molar-refractivity contribution in [2.75, 3.05) is 26.2 Å². The van der Waals surface area contributed by atoms with E-state index in [2.05, 4.69) is 5.32 Å². The van der Waals surface area contributed by atoms with Crippen molar-refractivity contribution < 1.29 is 14.0 Å². The summed E-state index contributed by atoms with van der Waals surface area (Å²) in [6.45, 7) is 1.73. The van der Waals surface area contributed by atoms with Crippen LogP contribution in [0.25, 0.3) is 11.0 Å². The molecular weight excluding hydrogens is 346 g/mol. The third-order valence-electron chi connectivity index (χ3n) is 5.41. The largest absolute Gasteiger partial charge is 0.422 e. The van der Waals surface area contributed by atoms with Crippen molar-refractivity contribution in [1.82, 2.24) is 15.1 Å². The summed E-state index contributed by atoms with van der Waals surface area (Å²) in [5.41, 5.74) is -0.120. The molecular formula is C20H23N3O4. The quantitative estimate of drug-likeness (QED) is 0.823. The Hall–Kier alpha value is -2.83. The molecule has 2 heterocycles. The molecule has 2 aliphatic rings. The highest BCUT2D eigenvalue weighted by atomic mass is 16.4. The Balaban J connectivity index is 1.40. The number of benzene rings is 1. The van der Waals surface area contributed by atoms with E-state index in [-0.39, 0.29) is 23.5 Å². The number of rotatable bonds is 2. The summed E-state index contributed by atoms with van der Waals surface area (Å²) in [5.74, 6) is -0.342. The number of hydrogen-bond donors (Lipinski definition) is 1. The van der Waals surface area contributed by atoms with E-state index in [9.17, 15) is 14.4 Å². The van der Waals surface area contributed by atoms with E-state index in [1.807, 2.05) is 6.07 Å². The van der Waals surface area contributed by atoms with Crippen molar-refractivity contribution >= 4 is 22.9 Å². The van der Waals surface area contributed by atoms with Crippen LogP contribution >= 0.6 is 0 Å². The van der Waals surface area contributed by atoms with E-state index in [0.29, 0.717) is 31.8 Å². The molecule has 1 aromatic carbocycles. The van der Waals surface area contributed by atoms with Crippen LogP contribution in [0.4, 0.5) is 4.79 Å². The lowest BCUT2D eigenvalue weighted by Crippen LogP contribution is -2.54. The predicted octanol–water partition coefficient (Wildman–Crippen LogP) is 2.20. The molecule has 1 aliphatic heterocycles. The highest BCUT2D eigenvalue weighted by Crippen LogP contribution is 2.18. The minimum atomic E-state index is -0.625. The first-order valence-corrected chi connectivity index (χ1v) is 9.49. The van der Waals surface area contributed by atoms with Gasteiger partial charge in [0.1, 0.15) is 11.1 Å². The van der Waals surface area contributed by atoms with Crippen LogP contribution in [0.5, 0.6) is 0 Å². The number of nitrogens with one attached hydrogen (secondary N) is 1. The second kappa shape index (κ2) is 7.42. The first-order chi connectivity index (χ1) is 13.1. The molecule has 2 aromatic rings. The van der Waals surface area contributed by atoms with E-state index in [0.717, 1.165) is 18.2 Å². The van der Waals surface area contributed by atoms with Gasteiger partial charge in [0.2, 0.25) is 0 Å². The van der Waals surface area contributed by atoms with Crippen LogP contribution in [0.2, 0.25) is 0 Å². The van der Waals surface area contributed by atoms with Crippen molar-refractivity contribution in [1.29, 1.82) is 0 Å². The Kier molecular flexibility index (Phi) is 4.83. The second-order valence-electron chi connectivity index (χ2n) is 7.20. The maximum absolute atomic E-state index is 12.8. The van der Waals surface area contributed by atoms with Crippen LogP contribution in [0, 0.1) is 0 Å². The molecule has 1 aromatic heterocycles. The van der Waals surface area contributed by atoms with Gasteiger partial charge >= 0.3 is 11.7 Å². The van der Waals surface area contributed by atoms with Crippen molar-refractivity contribution in [3.05, 3.63) is 46.3 Å².